The van der Waals surface area contributed by atoms with Gasteiger partial charge in [0.15, 0.2) is 0 Å². The molecular formula is C16H13FINO3. The molecule has 0 heterocycles. The fourth-order valence-electron chi connectivity index (χ4n) is 1.90. The summed E-state index contributed by atoms with van der Waals surface area (Å²) in [5, 5.41) is 11.7. The van der Waals surface area contributed by atoms with Crippen molar-refractivity contribution in [1.29, 1.82) is 0 Å². The number of rotatable bonds is 5. The second-order valence-electron chi connectivity index (χ2n) is 4.70. The van der Waals surface area contributed by atoms with E-state index in [0.29, 0.717) is 0 Å². The van der Waals surface area contributed by atoms with Crippen molar-refractivity contribution in [2.24, 2.45) is 0 Å². The van der Waals surface area contributed by atoms with Gasteiger partial charge in [0.1, 0.15) is 11.9 Å². The number of amides is 1. The highest BCUT2D eigenvalue weighted by molar-refractivity contribution is 14.1. The normalized spacial score (nSPS) is 11.7. The summed E-state index contributed by atoms with van der Waals surface area (Å²) in [6, 6.07) is 11.3. The Hall–Kier alpha value is -1.96. The molecule has 1 amide bonds. The van der Waals surface area contributed by atoms with Gasteiger partial charge in [-0.2, -0.15) is 0 Å². The second kappa shape index (κ2) is 7.35. The van der Waals surface area contributed by atoms with E-state index in [-0.39, 0.29) is 12.0 Å². The van der Waals surface area contributed by atoms with Crippen LogP contribution in [0.5, 0.6) is 0 Å². The molecule has 2 rings (SSSR count). The van der Waals surface area contributed by atoms with Crippen molar-refractivity contribution in [2.75, 3.05) is 0 Å². The molecule has 1 atom stereocenters. The van der Waals surface area contributed by atoms with Crippen LogP contribution in [0.25, 0.3) is 0 Å². The molecule has 6 heteroatoms. The summed E-state index contributed by atoms with van der Waals surface area (Å²) in [5.41, 5.74) is 1.03. The molecule has 2 N–H and O–H groups in total. The molecule has 0 aromatic heterocycles. The summed E-state index contributed by atoms with van der Waals surface area (Å²) in [5.74, 6) is -2.11. The predicted octanol–water partition coefficient (Wildman–Crippen LogP) is 2.86. The summed E-state index contributed by atoms with van der Waals surface area (Å²) in [6.45, 7) is 0. The van der Waals surface area contributed by atoms with Crippen molar-refractivity contribution in [3.8, 4) is 0 Å². The monoisotopic (exact) mass is 413 g/mol. The Morgan fingerprint density at radius 2 is 1.68 bits per heavy atom. The van der Waals surface area contributed by atoms with Gasteiger partial charge in [-0.3, -0.25) is 4.79 Å². The lowest BCUT2D eigenvalue weighted by molar-refractivity contribution is -0.139. The standard InChI is InChI=1S/C16H13FINO3/c17-12-5-3-11(4-6-12)15(20)19-14(16(21)22)9-10-1-7-13(18)8-2-10/h1-8,14H,9H2,(H,19,20)(H,21,22)/t14-/m1/s1. The van der Waals surface area contributed by atoms with Crippen molar-refractivity contribution in [2.45, 2.75) is 12.5 Å². The van der Waals surface area contributed by atoms with Gasteiger partial charge in [-0.25, -0.2) is 9.18 Å². The van der Waals surface area contributed by atoms with E-state index in [4.69, 9.17) is 0 Å². The van der Waals surface area contributed by atoms with E-state index >= 15 is 0 Å². The summed E-state index contributed by atoms with van der Waals surface area (Å²) in [7, 11) is 0. The van der Waals surface area contributed by atoms with Gasteiger partial charge >= 0.3 is 5.97 Å². The average Bonchev–Trinajstić information content (AvgIpc) is 2.49. The Bertz CT molecular complexity index is 671. The molecular weight excluding hydrogens is 400 g/mol. The maximum absolute atomic E-state index is 12.8. The maximum atomic E-state index is 12.8. The molecule has 0 aliphatic rings. The molecule has 0 bridgehead atoms. The van der Waals surface area contributed by atoms with Crippen molar-refractivity contribution in [3.63, 3.8) is 0 Å². The van der Waals surface area contributed by atoms with E-state index < -0.39 is 23.7 Å². The average molecular weight is 413 g/mol. The van der Waals surface area contributed by atoms with Gasteiger partial charge in [0.25, 0.3) is 5.91 Å². The van der Waals surface area contributed by atoms with Crippen LogP contribution in [0.2, 0.25) is 0 Å². The fraction of sp³-hybridized carbons (Fsp3) is 0.125. The third kappa shape index (κ3) is 4.52. The zero-order valence-corrected chi connectivity index (χ0v) is 13.6. The zero-order valence-electron chi connectivity index (χ0n) is 11.4. The van der Waals surface area contributed by atoms with E-state index in [1.807, 2.05) is 24.3 Å². The summed E-state index contributed by atoms with van der Waals surface area (Å²) in [4.78, 5) is 23.3. The van der Waals surface area contributed by atoms with E-state index in [1.54, 1.807) is 0 Å². The Morgan fingerprint density at radius 3 is 2.23 bits per heavy atom. The van der Waals surface area contributed by atoms with E-state index in [9.17, 15) is 19.1 Å². The van der Waals surface area contributed by atoms with Gasteiger partial charge in [-0.05, 0) is 64.6 Å². The molecule has 0 spiro atoms. The van der Waals surface area contributed by atoms with E-state index in [2.05, 4.69) is 27.9 Å². The maximum Gasteiger partial charge on any atom is 0.326 e. The molecule has 22 heavy (non-hydrogen) atoms. The number of nitrogens with one attached hydrogen (secondary N) is 1. The number of hydrogen-bond donors (Lipinski definition) is 2. The smallest absolute Gasteiger partial charge is 0.326 e. The topological polar surface area (TPSA) is 66.4 Å². The molecule has 0 radical (unpaired) electrons. The van der Waals surface area contributed by atoms with Crippen LogP contribution in [0.4, 0.5) is 4.39 Å². The summed E-state index contributed by atoms with van der Waals surface area (Å²) >= 11 is 2.16. The van der Waals surface area contributed by atoms with Crippen LogP contribution in [0.1, 0.15) is 15.9 Å². The first-order valence-corrected chi connectivity index (χ1v) is 7.57. The largest absolute Gasteiger partial charge is 0.480 e. The summed E-state index contributed by atoms with van der Waals surface area (Å²) < 4.78 is 13.9. The lowest BCUT2D eigenvalue weighted by atomic mass is 10.1. The van der Waals surface area contributed by atoms with Crippen molar-refractivity contribution < 1.29 is 19.1 Å². The van der Waals surface area contributed by atoms with Crippen LogP contribution in [-0.2, 0) is 11.2 Å². The first-order valence-electron chi connectivity index (χ1n) is 6.49. The van der Waals surface area contributed by atoms with Gasteiger partial charge in [-0.1, -0.05) is 12.1 Å². The minimum Gasteiger partial charge on any atom is -0.480 e. The van der Waals surface area contributed by atoms with Gasteiger partial charge in [0.2, 0.25) is 0 Å². The van der Waals surface area contributed by atoms with Crippen LogP contribution < -0.4 is 5.32 Å². The number of carbonyl (C=O) groups excluding carboxylic acids is 1. The SMILES string of the molecule is O=C(N[C@H](Cc1ccc(I)cc1)C(=O)O)c1ccc(F)cc1. The van der Waals surface area contributed by atoms with Crippen molar-refractivity contribution >= 4 is 34.5 Å². The van der Waals surface area contributed by atoms with Crippen molar-refractivity contribution in [1.82, 2.24) is 5.32 Å². The molecule has 0 saturated carbocycles. The molecule has 2 aromatic rings. The molecule has 4 nitrogen and oxygen atoms in total. The predicted molar refractivity (Wildman–Crippen MR) is 88.2 cm³/mol. The molecule has 0 aliphatic heterocycles. The molecule has 0 fully saturated rings. The quantitative estimate of drug-likeness (QED) is 0.742. The summed E-state index contributed by atoms with van der Waals surface area (Å²) in [6.07, 6.45) is 0.180. The number of carboxylic acid groups (broad SMARTS) is 1. The fourth-order valence-corrected chi connectivity index (χ4v) is 2.26. The van der Waals surface area contributed by atoms with E-state index in [1.165, 1.54) is 12.1 Å². The minimum atomic E-state index is -1.12. The molecule has 0 saturated heterocycles. The number of hydrogen-bond acceptors (Lipinski definition) is 2. The van der Waals surface area contributed by atoms with Crippen LogP contribution in [0.15, 0.2) is 48.5 Å². The lowest BCUT2D eigenvalue weighted by Gasteiger charge is -2.15. The Balaban J connectivity index is 2.08. The number of benzene rings is 2. The highest BCUT2D eigenvalue weighted by Gasteiger charge is 2.21. The second-order valence-corrected chi connectivity index (χ2v) is 5.95. The number of carboxylic acids is 1. The van der Waals surface area contributed by atoms with Crippen LogP contribution in [-0.4, -0.2) is 23.0 Å². The Kier molecular flexibility index (Phi) is 5.48. The van der Waals surface area contributed by atoms with Gasteiger partial charge < -0.3 is 10.4 Å². The number of halogens is 2. The van der Waals surface area contributed by atoms with Gasteiger partial charge in [0.05, 0.1) is 0 Å². The lowest BCUT2D eigenvalue weighted by Crippen LogP contribution is -2.42. The highest BCUT2D eigenvalue weighted by atomic mass is 127. The van der Waals surface area contributed by atoms with E-state index in [0.717, 1.165) is 21.3 Å². The van der Waals surface area contributed by atoms with Crippen LogP contribution in [0, 0.1) is 9.39 Å². The minimum absolute atomic E-state index is 0.180. The van der Waals surface area contributed by atoms with Gasteiger partial charge in [0, 0.05) is 15.6 Å². The highest BCUT2D eigenvalue weighted by Crippen LogP contribution is 2.10. The first kappa shape index (κ1) is 16.4. The van der Waals surface area contributed by atoms with Gasteiger partial charge in [-0.15, -0.1) is 0 Å². The molecule has 0 aliphatic carbocycles. The Morgan fingerprint density at radius 1 is 1.09 bits per heavy atom. The van der Waals surface area contributed by atoms with Crippen LogP contribution in [0.3, 0.4) is 0 Å². The number of carbonyl (C=O) groups is 2. The zero-order chi connectivity index (χ0) is 16.1. The molecule has 114 valence electrons. The first-order chi connectivity index (χ1) is 10.5. The third-order valence-corrected chi connectivity index (χ3v) is 3.78. The van der Waals surface area contributed by atoms with Crippen molar-refractivity contribution in [3.05, 3.63) is 69.0 Å². The van der Waals surface area contributed by atoms with Crippen LogP contribution >= 0.6 is 22.6 Å². The molecule has 2 aromatic carbocycles. The molecule has 0 unspecified atom stereocenters. The Labute approximate surface area is 140 Å². The third-order valence-electron chi connectivity index (χ3n) is 3.06. The number of aliphatic carboxylic acids is 1.